The van der Waals surface area contributed by atoms with E-state index in [4.69, 9.17) is 0 Å². The van der Waals surface area contributed by atoms with Crippen LogP contribution in [-0.2, 0) is 0 Å². The highest BCUT2D eigenvalue weighted by atomic mass is 35.5. The van der Waals surface area contributed by atoms with Crippen LogP contribution in [0.25, 0.3) is 0 Å². The van der Waals surface area contributed by atoms with Gasteiger partial charge in [-0.2, -0.15) is 0 Å². The number of hydrogen-bond donors (Lipinski definition) is 1. The van der Waals surface area contributed by atoms with Gasteiger partial charge in [0.1, 0.15) is 5.69 Å². The van der Waals surface area contributed by atoms with Crippen molar-refractivity contribution in [2.45, 2.75) is 19.9 Å². The molecule has 0 bridgehead atoms. The molecular formula is C18H24ClN5O. The van der Waals surface area contributed by atoms with Crippen LogP contribution < -0.4 is 10.2 Å². The first kappa shape index (κ1) is 19.0. The van der Waals surface area contributed by atoms with Gasteiger partial charge in [0.15, 0.2) is 5.82 Å². The Morgan fingerprint density at radius 2 is 1.76 bits per heavy atom. The van der Waals surface area contributed by atoms with Gasteiger partial charge in [0.05, 0.1) is 5.69 Å². The smallest absolute Gasteiger partial charge is 0.272 e. The Balaban J connectivity index is 0.00000225. The topological polar surface area (TPSA) is 61.4 Å². The molecule has 2 aromatic heterocycles. The Bertz CT molecular complexity index is 687. The highest BCUT2D eigenvalue weighted by Crippen LogP contribution is 2.24. The molecule has 134 valence electrons. The van der Waals surface area contributed by atoms with Crippen LogP contribution in [0.3, 0.4) is 0 Å². The summed E-state index contributed by atoms with van der Waals surface area (Å²) in [5, 5.41) is 3.44. The van der Waals surface area contributed by atoms with Gasteiger partial charge in [-0.15, -0.1) is 12.4 Å². The third-order valence-corrected chi connectivity index (χ3v) is 3.98. The second kappa shape index (κ2) is 8.67. The van der Waals surface area contributed by atoms with Crippen molar-refractivity contribution in [2.75, 3.05) is 36.4 Å². The summed E-state index contributed by atoms with van der Waals surface area (Å²) in [6, 6.07) is 9.76. The van der Waals surface area contributed by atoms with E-state index >= 15 is 0 Å². The number of carbonyl (C=O) groups is 1. The largest absolute Gasteiger partial charge is 0.380 e. The lowest BCUT2D eigenvalue weighted by atomic mass is 10.2. The van der Waals surface area contributed by atoms with Crippen LogP contribution >= 0.6 is 12.4 Å². The molecule has 0 unspecified atom stereocenters. The van der Waals surface area contributed by atoms with Gasteiger partial charge in [-0.05, 0) is 38.1 Å². The zero-order valence-electron chi connectivity index (χ0n) is 14.6. The molecule has 25 heavy (non-hydrogen) atoms. The van der Waals surface area contributed by atoms with E-state index in [0.29, 0.717) is 24.8 Å². The number of pyridine rings is 2. The SMILES string of the molecule is CC(C)Nc1cccnc1N1CCN(C(=O)c2ccccn2)CC1.Cl. The first-order valence-electron chi connectivity index (χ1n) is 8.32. The van der Waals surface area contributed by atoms with Gasteiger partial charge >= 0.3 is 0 Å². The summed E-state index contributed by atoms with van der Waals surface area (Å²) in [5.74, 6) is 0.952. The van der Waals surface area contributed by atoms with Crippen molar-refractivity contribution in [3.63, 3.8) is 0 Å². The molecule has 1 N–H and O–H groups in total. The van der Waals surface area contributed by atoms with Crippen LogP contribution in [0.4, 0.5) is 11.5 Å². The van der Waals surface area contributed by atoms with Crippen molar-refractivity contribution < 1.29 is 4.79 Å². The number of amides is 1. The van der Waals surface area contributed by atoms with Gasteiger partial charge in [0.25, 0.3) is 5.91 Å². The van der Waals surface area contributed by atoms with Gasteiger partial charge in [0.2, 0.25) is 0 Å². The van der Waals surface area contributed by atoms with Crippen molar-refractivity contribution in [2.24, 2.45) is 0 Å². The predicted octanol–water partition coefficient (Wildman–Crippen LogP) is 2.68. The minimum Gasteiger partial charge on any atom is -0.380 e. The summed E-state index contributed by atoms with van der Waals surface area (Å²) in [5.41, 5.74) is 1.54. The van der Waals surface area contributed by atoms with Gasteiger partial charge in [0, 0.05) is 44.6 Å². The number of piperazine rings is 1. The van der Waals surface area contributed by atoms with Gasteiger partial charge < -0.3 is 15.1 Å². The molecule has 2 aromatic rings. The lowest BCUT2D eigenvalue weighted by Gasteiger charge is -2.36. The molecule has 6 nitrogen and oxygen atoms in total. The van der Waals surface area contributed by atoms with Crippen molar-refractivity contribution in [1.82, 2.24) is 14.9 Å². The van der Waals surface area contributed by atoms with Crippen molar-refractivity contribution >= 4 is 29.8 Å². The van der Waals surface area contributed by atoms with Crippen LogP contribution in [0, 0.1) is 0 Å². The molecule has 0 radical (unpaired) electrons. The minimum atomic E-state index is -0.00296. The molecule has 7 heteroatoms. The lowest BCUT2D eigenvalue weighted by molar-refractivity contribution is 0.0740. The van der Waals surface area contributed by atoms with Crippen molar-refractivity contribution in [3.8, 4) is 0 Å². The van der Waals surface area contributed by atoms with E-state index in [1.807, 2.05) is 35.4 Å². The summed E-state index contributed by atoms with van der Waals surface area (Å²) in [6.07, 6.45) is 3.47. The zero-order chi connectivity index (χ0) is 16.9. The Morgan fingerprint density at radius 3 is 2.40 bits per heavy atom. The van der Waals surface area contributed by atoms with Crippen LogP contribution in [-0.4, -0.2) is 53.0 Å². The fraction of sp³-hybridized carbons (Fsp3) is 0.389. The third-order valence-electron chi connectivity index (χ3n) is 3.98. The van der Waals surface area contributed by atoms with Crippen LogP contribution in [0.2, 0.25) is 0 Å². The van der Waals surface area contributed by atoms with Gasteiger partial charge in [-0.1, -0.05) is 6.07 Å². The molecular weight excluding hydrogens is 338 g/mol. The van der Waals surface area contributed by atoms with E-state index in [0.717, 1.165) is 24.6 Å². The molecule has 3 heterocycles. The number of carbonyl (C=O) groups excluding carboxylic acids is 1. The van der Waals surface area contributed by atoms with Crippen LogP contribution in [0.15, 0.2) is 42.7 Å². The Labute approximate surface area is 154 Å². The number of nitrogens with zero attached hydrogens (tertiary/aromatic N) is 4. The van der Waals surface area contributed by atoms with Gasteiger partial charge in [-0.25, -0.2) is 4.98 Å². The quantitative estimate of drug-likeness (QED) is 0.907. The van der Waals surface area contributed by atoms with E-state index in [9.17, 15) is 4.79 Å². The number of nitrogens with one attached hydrogen (secondary N) is 1. The summed E-state index contributed by atoms with van der Waals surface area (Å²) in [4.78, 5) is 25.2. The van der Waals surface area contributed by atoms with E-state index in [1.165, 1.54) is 0 Å². The van der Waals surface area contributed by atoms with E-state index in [-0.39, 0.29) is 18.3 Å². The number of aromatic nitrogens is 2. The Morgan fingerprint density at radius 1 is 1.04 bits per heavy atom. The normalized spacial score (nSPS) is 14.2. The second-order valence-corrected chi connectivity index (χ2v) is 6.17. The van der Waals surface area contributed by atoms with E-state index in [2.05, 4.69) is 34.0 Å². The van der Waals surface area contributed by atoms with E-state index < -0.39 is 0 Å². The zero-order valence-corrected chi connectivity index (χ0v) is 15.4. The molecule has 1 aliphatic heterocycles. The molecule has 1 saturated heterocycles. The summed E-state index contributed by atoms with van der Waals surface area (Å²) in [6.45, 7) is 7.10. The molecule has 0 spiro atoms. The molecule has 1 aliphatic rings. The van der Waals surface area contributed by atoms with Crippen LogP contribution in [0.5, 0.6) is 0 Å². The molecule has 3 rings (SSSR count). The molecule has 0 atom stereocenters. The fourth-order valence-electron chi connectivity index (χ4n) is 2.85. The standard InChI is InChI=1S/C18H23N5O.ClH/c1-14(2)21-15-7-5-9-20-17(15)22-10-12-23(13-11-22)18(24)16-6-3-4-8-19-16;/h3-9,14,21H,10-13H2,1-2H3;1H. The number of anilines is 2. The number of hydrogen-bond acceptors (Lipinski definition) is 5. The fourth-order valence-corrected chi connectivity index (χ4v) is 2.85. The summed E-state index contributed by atoms with van der Waals surface area (Å²) in [7, 11) is 0. The Kier molecular flexibility index (Phi) is 6.58. The predicted molar refractivity (Wildman–Crippen MR) is 103 cm³/mol. The van der Waals surface area contributed by atoms with E-state index in [1.54, 1.807) is 12.3 Å². The first-order chi connectivity index (χ1) is 11.6. The molecule has 0 aliphatic carbocycles. The Hall–Kier alpha value is -2.34. The summed E-state index contributed by atoms with van der Waals surface area (Å²) >= 11 is 0. The first-order valence-corrected chi connectivity index (χ1v) is 8.32. The summed E-state index contributed by atoms with van der Waals surface area (Å²) < 4.78 is 0. The molecule has 0 aromatic carbocycles. The van der Waals surface area contributed by atoms with Gasteiger partial charge in [-0.3, -0.25) is 9.78 Å². The van der Waals surface area contributed by atoms with Crippen molar-refractivity contribution in [3.05, 3.63) is 48.4 Å². The monoisotopic (exact) mass is 361 g/mol. The highest BCUT2D eigenvalue weighted by Gasteiger charge is 2.24. The minimum absolute atomic E-state index is 0. The second-order valence-electron chi connectivity index (χ2n) is 6.17. The average molecular weight is 362 g/mol. The number of halogens is 1. The molecule has 1 fully saturated rings. The maximum Gasteiger partial charge on any atom is 0.272 e. The lowest BCUT2D eigenvalue weighted by Crippen LogP contribution is -2.49. The maximum absolute atomic E-state index is 12.5. The maximum atomic E-state index is 12.5. The highest BCUT2D eigenvalue weighted by molar-refractivity contribution is 5.92. The third kappa shape index (κ3) is 4.60. The number of rotatable bonds is 4. The van der Waals surface area contributed by atoms with Crippen LogP contribution in [0.1, 0.15) is 24.3 Å². The molecule has 1 amide bonds. The average Bonchev–Trinajstić information content (AvgIpc) is 2.62. The van der Waals surface area contributed by atoms with Crippen molar-refractivity contribution in [1.29, 1.82) is 0 Å². The molecule has 0 saturated carbocycles.